The molecular weight excluding hydrogens is 158 g/mol. The normalized spacial score (nSPS) is 12.4. The second-order valence-electron chi connectivity index (χ2n) is 2.54. The molecule has 1 rings (SSSR count). The fourth-order valence-corrected chi connectivity index (χ4v) is 0.846. The lowest BCUT2D eigenvalue weighted by Crippen LogP contribution is -2.12. The number of H-pyrrole nitrogens is 1. The first-order valence-corrected chi connectivity index (χ1v) is 3.52. The largest absolute Gasteiger partial charge is 0.481 e. The van der Waals surface area contributed by atoms with Gasteiger partial charge in [-0.2, -0.15) is 0 Å². The van der Waals surface area contributed by atoms with Gasteiger partial charge < -0.3 is 10.1 Å². The van der Waals surface area contributed by atoms with Gasteiger partial charge in [0.15, 0.2) is 5.43 Å². The third kappa shape index (κ3) is 1.72. The van der Waals surface area contributed by atoms with Crippen LogP contribution in [-0.4, -0.2) is 16.1 Å². The highest BCUT2D eigenvalue weighted by Crippen LogP contribution is 2.08. The topological polar surface area (TPSA) is 70.2 Å². The molecule has 1 aromatic rings. The number of nitrogens with one attached hydrogen (secondary N) is 1. The van der Waals surface area contributed by atoms with Gasteiger partial charge in [-0.1, -0.05) is 0 Å². The summed E-state index contributed by atoms with van der Waals surface area (Å²) in [5.41, 5.74) is 0.242. The molecule has 0 radical (unpaired) electrons. The SMILES string of the molecule is CC(C(=O)O)c1cc(=O)cc[nH]1. The van der Waals surface area contributed by atoms with E-state index in [0.29, 0.717) is 5.69 Å². The van der Waals surface area contributed by atoms with Crippen molar-refractivity contribution in [1.29, 1.82) is 0 Å². The number of aliphatic carboxylic acids is 1. The van der Waals surface area contributed by atoms with Gasteiger partial charge in [0.25, 0.3) is 0 Å². The van der Waals surface area contributed by atoms with Crippen molar-refractivity contribution >= 4 is 5.97 Å². The smallest absolute Gasteiger partial charge is 0.312 e. The molecule has 64 valence electrons. The quantitative estimate of drug-likeness (QED) is 0.676. The molecule has 1 atom stereocenters. The Hall–Kier alpha value is -1.58. The van der Waals surface area contributed by atoms with Crippen LogP contribution < -0.4 is 5.43 Å². The molecule has 0 amide bonds. The first kappa shape index (κ1) is 8.52. The van der Waals surface area contributed by atoms with E-state index in [0.717, 1.165) is 0 Å². The van der Waals surface area contributed by atoms with Gasteiger partial charge in [-0.05, 0) is 6.92 Å². The second-order valence-corrected chi connectivity index (χ2v) is 2.54. The van der Waals surface area contributed by atoms with Gasteiger partial charge >= 0.3 is 5.97 Å². The van der Waals surface area contributed by atoms with Crippen molar-refractivity contribution in [3.63, 3.8) is 0 Å². The average Bonchev–Trinajstić information content (AvgIpc) is 2.03. The Balaban J connectivity index is 3.03. The molecule has 0 aromatic carbocycles. The maximum absolute atomic E-state index is 10.8. The highest BCUT2D eigenvalue weighted by atomic mass is 16.4. The molecule has 0 bridgehead atoms. The molecule has 0 aliphatic heterocycles. The number of carbonyl (C=O) groups is 1. The summed E-state index contributed by atoms with van der Waals surface area (Å²) in [7, 11) is 0. The summed E-state index contributed by atoms with van der Waals surface area (Å²) in [5, 5.41) is 8.60. The van der Waals surface area contributed by atoms with Gasteiger partial charge in [0.2, 0.25) is 0 Å². The molecule has 0 aliphatic carbocycles. The summed E-state index contributed by atoms with van der Waals surface area (Å²) in [5.74, 6) is -1.62. The monoisotopic (exact) mass is 167 g/mol. The second kappa shape index (κ2) is 3.21. The summed E-state index contributed by atoms with van der Waals surface area (Å²) in [6.45, 7) is 1.52. The third-order valence-corrected chi connectivity index (χ3v) is 1.63. The summed E-state index contributed by atoms with van der Waals surface area (Å²) in [4.78, 5) is 24.0. The number of pyridine rings is 1. The molecule has 0 saturated heterocycles. The Morgan fingerprint density at radius 2 is 2.33 bits per heavy atom. The van der Waals surface area contributed by atoms with Crippen LogP contribution in [0, 0.1) is 0 Å². The Labute approximate surface area is 68.9 Å². The van der Waals surface area contributed by atoms with Crippen molar-refractivity contribution in [2.75, 3.05) is 0 Å². The zero-order valence-corrected chi connectivity index (χ0v) is 6.57. The van der Waals surface area contributed by atoms with Crippen molar-refractivity contribution in [3.8, 4) is 0 Å². The number of hydrogen-bond acceptors (Lipinski definition) is 2. The molecule has 1 unspecified atom stereocenters. The highest BCUT2D eigenvalue weighted by Gasteiger charge is 2.13. The summed E-state index contributed by atoms with van der Waals surface area (Å²) in [6, 6.07) is 2.64. The lowest BCUT2D eigenvalue weighted by Gasteiger charge is -2.04. The van der Waals surface area contributed by atoms with Crippen LogP contribution in [-0.2, 0) is 4.79 Å². The maximum Gasteiger partial charge on any atom is 0.312 e. The number of carboxylic acid groups (broad SMARTS) is 1. The number of hydrogen-bond donors (Lipinski definition) is 2. The molecule has 1 aromatic heterocycles. The van der Waals surface area contributed by atoms with E-state index in [1.807, 2.05) is 0 Å². The zero-order chi connectivity index (χ0) is 9.14. The Kier molecular flexibility index (Phi) is 2.28. The van der Waals surface area contributed by atoms with E-state index < -0.39 is 11.9 Å². The number of rotatable bonds is 2. The minimum atomic E-state index is -0.947. The van der Waals surface area contributed by atoms with E-state index in [-0.39, 0.29) is 5.43 Å². The molecule has 4 heteroatoms. The van der Waals surface area contributed by atoms with E-state index >= 15 is 0 Å². The van der Waals surface area contributed by atoms with E-state index in [1.54, 1.807) is 0 Å². The highest BCUT2D eigenvalue weighted by molar-refractivity contribution is 5.74. The lowest BCUT2D eigenvalue weighted by atomic mass is 10.1. The maximum atomic E-state index is 10.8. The summed E-state index contributed by atoms with van der Waals surface area (Å²) >= 11 is 0. The Bertz CT molecular complexity index is 342. The molecule has 0 saturated carbocycles. The van der Waals surface area contributed by atoms with Gasteiger partial charge in [0.05, 0.1) is 5.92 Å². The van der Waals surface area contributed by atoms with E-state index in [9.17, 15) is 9.59 Å². The number of carboxylic acids is 1. The van der Waals surface area contributed by atoms with Crippen molar-refractivity contribution in [3.05, 3.63) is 34.2 Å². The molecular formula is C8H9NO3. The van der Waals surface area contributed by atoms with Gasteiger partial charge in [-0.15, -0.1) is 0 Å². The summed E-state index contributed by atoms with van der Waals surface area (Å²) < 4.78 is 0. The van der Waals surface area contributed by atoms with E-state index in [4.69, 9.17) is 5.11 Å². The minimum absolute atomic E-state index is 0.183. The summed E-state index contributed by atoms with van der Waals surface area (Å²) in [6.07, 6.45) is 1.44. The van der Waals surface area contributed by atoms with Crippen LogP contribution in [0.3, 0.4) is 0 Å². The van der Waals surface area contributed by atoms with Crippen molar-refractivity contribution < 1.29 is 9.90 Å². The van der Waals surface area contributed by atoms with Crippen LogP contribution in [0.1, 0.15) is 18.5 Å². The number of aromatic nitrogens is 1. The van der Waals surface area contributed by atoms with Gasteiger partial charge in [-0.25, -0.2) is 0 Å². The van der Waals surface area contributed by atoms with Crippen molar-refractivity contribution in [1.82, 2.24) is 4.98 Å². The van der Waals surface area contributed by atoms with Crippen LogP contribution in [0.4, 0.5) is 0 Å². The first-order chi connectivity index (χ1) is 5.61. The van der Waals surface area contributed by atoms with Crippen LogP contribution in [0.25, 0.3) is 0 Å². The predicted octanol–water partition coefficient (Wildman–Crippen LogP) is 0.563. The van der Waals surface area contributed by atoms with Crippen molar-refractivity contribution in [2.45, 2.75) is 12.8 Å². The molecule has 12 heavy (non-hydrogen) atoms. The Morgan fingerprint density at radius 1 is 1.67 bits per heavy atom. The average molecular weight is 167 g/mol. The third-order valence-electron chi connectivity index (χ3n) is 1.63. The molecule has 1 heterocycles. The minimum Gasteiger partial charge on any atom is -0.481 e. The molecule has 4 nitrogen and oxygen atoms in total. The standard InChI is InChI=1S/C8H9NO3/c1-5(8(11)12)7-4-6(10)2-3-9-7/h2-5H,1H3,(H,9,10)(H,11,12). The molecule has 0 fully saturated rings. The molecule has 0 aliphatic rings. The van der Waals surface area contributed by atoms with Crippen LogP contribution >= 0.6 is 0 Å². The number of aromatic amines is 1. The first-order valence-electron chi connectivity index (χ1n) is 3.52. The zero-order valence-electron chi connectivity index (χ0n) is 6.57. The fourth-order valence-electron chi connectivity index (χ4n) is 0.846. The predicted molar refractivity (Wildman–Crippen MR) is 43.1 cm³/mol. The van der Waals surface area contributed by atoms with Crippen LogP contribution in [0.15, 0.2) is 23.1 Å². The van der Waals surface area contributed by atoms with E-state index in [1.165, 1.54) is 25.3 Å². The van der Waals surface area contributed by atoms with Gasteiger partial charge in [0, 0.05) is 24.0 Å². The van der Waals surface area contributed by atoms with Crippen LogP contribution in [0.2, 0.25) is 0 Å². The van der Waals surface area contributed by atoms with Gasteiger partial charge in [-0.3, -0.25) is 9.59 Å². The fraction of sp³-hybridized carbons (Fsp3) is 0.250. The Morgan fingerprint density at radius 3 is 2.83 bits per heavy atom. The van der Waals surface area contributed by atoms with E-state index in [2.05, 4.69) is 4.98 Å². The lowest BCUT2D eigenvalue weighted by molar-refractivity contribution is -0.138. The van der Waals surface area contributed by atoms with Crippen LogP contribution in [0.5, 0.6) is 0 Å². The van der Waals surface area contributed by atoms with Gasteiger partial charge in [0.1, 0.15) is 0 Å². The molecule has 2 N–H and O–H groups in total. The molecule has 0 spiro atoms. The van der Waals surface area contributed by atoms with Crippen molar-refractivity contribution in [2.24, 2.45) is 0 Å².